The molecule has 0 atom stereocenters. The van der Waals surface area contributed by atoms with Crippen molar-refractivity contribution in [1.82, 2.24) is 0 Å². The summed E-state index contributed by atoms with van der Waals surface area (Å²) in [4.78, 5) is 10.6. The maximum Gasteiger partial charge on any atom is 0.508 e. The first-order valence-corrected chi connectivity index (χ1v) is 5.49. The molecule has 3 nitrogen and oxygen atoms in total. The summed E-state index contributed by atoms with van der Waals surface area (Å²) in [5.41, 5.74) is 0. The Bertz CT molecular complexity index is 117. The highest BCUT2D eigenvalue weighted by Gasteiger charge is 1.99. The second-order valence-electron chi connectivity index (χ2n) is 2.23. The molecule has 12 heavy (non-hydrogen) atoms. The first-order chi connectivity index (χ1) is 5.81. The Labute approximate surface area is 77.8 Å². The number of carbonyl (C=O) groups is 1. The number of thioether (sulfide) groups is 1. The van der Waals surface area contributed by atoms with Crippen molar-refractivity contribution in [3.63, 3.8) is 0 Å². The van der Waals surface area contributed by atoms with Gasteiger partial charge in [-0.3, -0.25) is 0 Å². The third kappa shape index (κ3) is 7.72. The molecule has 0 aliphatic carbocycles. The van der Waals surface area contributed by atoms with Crippen LogP contribution in [-0.4, -0.2) is 31.4 Å². The highest BCUT2D eigenvalue weighted by atomic mass is 32.2. The van der Waals surface area contributed by atoms with Crippen molar-refractivity contribution in [2.75, 3.05) is 25.2 Å². The van der Waals surface area contributed by atoms with Crippen LogP contribution in [0.5, 0.6) is 0 Å². The minimum Gasteiger partial charge on any atom is -0.435 e. The van der Waals surface area contributed by atoms with Crippen LogP contribution >= 0.6 is 11.8 Å². The predicted octanol–water partition coefficient (Wildman–Crippen LogP) is 2.30. The van der Waals surface area contributed by atoms with Gasteiger partial charge in [0.15, 0.2) is 0 Å². The van der Waals surface area contributed by atoms with E-state index in [4.69, 9.17) is 4.74 Å². The summed E-state index contributed by atoms with van der Waals surface area (Å²) in [7, 11) is 0. The summed E-state index contributed by atoms with van der Waals surface area (Å²) >= 11 is 1.80. The molecule has 0 saturated heterocycles. The van der Waals surface area contributed by atoms with Crippen LogP contribution in [0.15, 0.2) is 0 Å². The number of unbranched alkanes of at least 4 members (excludes halogenated alkanes) is 1. The molecule has 72 valence electrons. The molecule has 0 aliphatic rings. The van der Waals surface area contributed by atoms with E-state index in [2.05, 4.69) is 11.0 Å². The molecule has 0 rings (SSSR count). The first kappa shape index (κ1) is 11.6. The van der Waals surface area contributed by atoms with E-state index in [1.807, 2.05) is 0 Å². The Morgan fingerprint density at radius 1 is 1.33 bits per heavy atom. The summed E-state index contributed by atoms with van der Waals surface area (Å²) in [5.74, 6) is 1.12. The van der Waals surface area contributed by atoms with Crippen molar-refractivity contribution >= 4 is 17.9 Å². The molecule has 0 aromatic heterocycles. The van der Waals surface area contributed by atoms with Gasteiger partial charge in [0.1, 0.15) is 0 Å². The van der Waals surface area contributed by atoms with E-state index in [1.165, 1.54) is 0 Å². The Balaban J connectivity index is 3.03. The molecule has 0 spiro atoms. The van der Waals surface area contributed by atoms with Crippen LogP contribution in [0.4, 0.5) is 4.79 Å². The molecule has 0 N–H and O–H groups in total. The molecule has 0 bridgehead atoms. The molecule has 0 aliphatic heterocycles. The number of hydrogen-bond donors (Lipinski definition) is 0. The molecule has 4 heteroatoms. The van der Waals surface area contributed by atoms with Crippen molar-refractivity contribution in [2.24, 2.45) is 0 Å². The van der Waals surface area contributed by atoms with Crippen LogP contribution in [0, 0.1) is 0 Å². The number of hydrogen-bond acceptors (Lipinski definition) is 4. The number of ether oxygens (including phenoxy) is 2. The van der Waals surface area contributed by atoms with Gasteiger partial charge in [-0.2, -0.15) is 11.8 Å². The second-order valence-corrected chi connectivity index (χ2v) is 3.22. The zero-order valence-corrected chi connectivity index (χ0v) is 8.49. The van der Waals surface area contributed by atoms with E-state index >= 15 is 0 Å². The van der Waals surface area contributed by atoms with Gasteiger partial charge >= 0.3 is 6.16 Å². The summed E-state index contributed by atoms with van der Waals surface area (Å²) < 4.78 is 9.34. The predicted molar refractivity (Wildman–Crippen MR) is 50.6 cm³/mol. The van der Waals surface area contributed by atoms with Crippen molar-refractivity contribution < 1.29 is 14.3 Å². The molecule has 0 aromatic rings. The molecule has 0 fully saturated rings. The third-order valence-corrected chi connectivity index (χ3v) is 1.92. The normalized spacial score (nSPS) is 9.50. The lowest BCUT2D eigenvalue weighted by Crippen LogP contribution is -2.08. The van der Waals surface area contributed by atoms with Gasteiger partial charge in [-0.25, -0.2) is 4.79 Å². The second kappa shape index (κ2) is 8.71. The third-order valence-electron chi connectivity index (χ3n) is 1.22. The minimum atomic E-state index is -0.554. The standard InChI is InChI=1S/C8H16O3S/c1-3-10-8(9)11-6-4-5-7-12-2/h3-7H2,1-2H3. The van der Waals surface area contributed by atoms with Gasteiger partial charge in [0.05, 0.1) is 13.2 Å². The average Bonchev–Trinajstić information content (AvgIpc) is 2.05. The fourth-order valence-electron chi connectivity index (χ4n) is 0.663. The van der Waals surface area contributed by atoms with Crippen LogP contribution in [-0.2, 0) is 9.47 Å². The average molecular weight is 192 g/mol. The van der Waals surface area contributed by atoms with E-state index in [0.717, 1.165) is 18.6 Å². The zero-order valence-electron chi connectivity index (χ0n) is 7.67. The van der Waals surface area contributed by atoms with Crippen molar-refractivity contribution in [1.29, 1.82) is 0 Å². The van der Waals surface area contributed by atoms with E-state index < -0.39 is 6.16 Å². The maximum atomic E-state index is 10.6. The van der Waals surface area contributed by atoms with Crippen molar-refractivity contribution in [2.45, 2.75) is 19.8 Å². The van der Waals surface area contributed by atoms with E-state index in [1.54, 1.807) is 18.7 Å². The first-order valence-electron chi connectivity index (χ1n) is 4.09. The fourth-order valence-corrected chi connectivity index (χ4v) is 1.16. The molecule has 0 aromatic carbocycles. The van der Waals surface area contributed by atoms with Gasteiger partial charge in [0.25, 0.3) is 0 Å². The Hall–Kier alpha value is -0.380. The zero-order chi connectivity index (χ0) is 9.23. The van der Waals surface area contributed by atoms with Gasteiger partial charge in [0.2, 0.25) is 0 Å². The fraction of sp³-hybridized carbons (Fsp3) is 0.875. The smallest absolute Gasteiger partial charge is 0.435 e. The summed E-state index contributed by atoms with van der Waals surface area (Å²) in [6.07, 6.45) is 3.51. The van der Waals surface area contributed by atoms with E-state index in [9.17, 15) is 4.79 Å². The molecule has 0 amide bonds. The molecular formula is C8H16O3S. The SMILES string of the molecule is CCOC(=O)OCCCCSC. The molecular weight excluding hydrogens is 176 g/mol. The van der Waals surface area contributed by atoms with Crippen LogP contribution < -0.4 is 0 Å². The Kier molecular flexibility index (Phi) is 8.44. The molecule has 0 unspecified atom stereocenters. The van der Waals surface area contributed by atoms with Crippen LogP contribution in [0.3, 0.4) is 0 Å². The highest BCUT2D eigenvalue weighted by molar-refractivity contribution is 7.98. The monoisotopic (exact) mass is 192 g/mol. The van der Waals surface area contributed by atoms with Gasteiger partial charge < -0.3 is 9.47 Å². The molecule has 0 heterocycles. The van der Waals surface area contributed by atoms with Crippen molar-refractivity contribution in [3.8, 4) is 0 Å². The molecule has 0 saturated carbocycles. The van der Waals surface area contributed by atoms with Gasteiger partial charge in [-0.05, 0) is 31.8 Å². The van der Waals surface area contributed by atoms with E-state index in [0.29, 0.717) is 13.2 Å². The number of rotatable bonds is 6. The lowest BCUT2D eigenvalue weighted by atomic mass is 10.4. The lowest BCUT2D eigenvalue weighted by molar-refractivity contribution is 0.0582. The topological polar surface area (TPSA) is 35.5 Å². The van der Waals surface area contributed by atoms with Crippen LogP contribution in [0.25, 0.3) is 0 Å². The van der Waals surface area contributed by atoms with Gasteiger partial charge in [-0.15, -0.1) is 0 Å². The summed E-state index contributed by atoms with van der Waals surface area (Å²) in [6, 6.07) is 0. The lowest BCUT2D eigenvalue weighted by Gasteiger charge is -2.03. The van der Waals surface area contributed by atoms with Crippen molar-refractivity contribution in [3.05, 3.63) is 0 Å². The Morgan fingerprint density at radius 3 is 2.67 bits per heavy atom. The highest BCUT2D eigenvalue weighted by Crippen LogP contribution is 1.99. The summed E-state index contributed by atoms with van der Waals surface area (Å²) in [6.45, 7) is 2.61. The van der Waals surface area contributed by atoms with E-state index in [-0.39, 0.29) is 0 Å². The van der Waals surface area contributed by atoms with Gasteiger partial charge in [0, 0.05) is 0 Å². The maximum absolute atomic E-state index is 10.6. The Morgan fingerprint density at radius 2 is 2.08 bits per heavy atom. The minimum absolute atomic E-state index is 0.379. The largest absolute Gasteiger partial charge is 0.508 e. The van der Waals surface area contributed by atoms with Crippen LogP contribution in [0.2, 0.25) is 0 Å². The molecule has 0 radical (unpaired) electrons. The number of carbonyl (C=O) groups excluding carboxylic acids is 1. The quantitative estimate of drug-likeness (QED) is 0.478. The van der Waals surface area contributed by atoms with Crippen LogP contribution in [0.1, 0.15) is 19.8 Å². The van der Waals surface area contributed by atoms with Gasteiger partial charge in [-0.1, -0.05) is 0 Å². The summed E-state index contributed by atoms with van der Waals surface area (Å²) in [5, 5.41) is 0.